The Kier molecular flexibility index (Phi) is 4.47. The summed E-state index contributed by atoms with van der Waals surface area (Å²) < 4.78 is 0. The molecule has 2 N–H and O–H groups in total. The van der Waals surface area contributed by atoms with Crippen LogP contribution in [0, 0.1) is 11.3 Å². The van der Waals surface area contributed by atoms with Crippen LogP contribution in [0.4, 0.5) is 0 Å². The summed E-state index contributed by atoms with van der Waals surface area (Å²) in [4.78, 5) is 14.8. The highest BCUT2D eigenvalue weighted by Crippen LogP contribution is 2.36. The first-order valence-electron chi connectivity index (χ1n) is 7.17. The lowest BCUT2D eigenvalue weighted by Crippen LogP contribution is -2.57. The Hall–Kier alpha value is -0.570. The average molecular weight is 254 g/mol. The van der Waals surface area contributed by atoms with E-state index in [1.165, 1.54) is 0 Å². The molecule has 1 aliphatic rings. The minimum atomic E-state index is -0.507. The number of hydrogen-bond acceptors (Lipinski definition) is 2. The average Bonchev–Trinajstić information content (AvgIpc) is 2.99. The van der Waals surface area contributed by atoms with Crippen molar-refractivity contribution in [1.82, 2.24) is 4.90 Å². The molecule has 1 amide bonds. The van der Waals surface area contributed by atoms with Gasteiger partial charge in [0.2, 0.25) is 5.91 Å². The maximum absolute atomic E-state index is 12.8. The van der Waals surface area contributed by atoms with Crippen molar-refractivity contribution >= 4 is 5.91 Å². The minimum absolute atomic E-state index is 0.221. The third kappa shape index (κ3) is 3.47. The molecule has 1 saturated carbocycles. The lowest BCUT2D eigenvalue weighted by molar-refractivity contribution is -0.144. The number of rotatable bonds is 6. The van der Waals surface area contributed by atoms with Gasteiger partial charge in [-0.2, -0.15) is 0 Å². The number of carbonyl (C=O) groups is 1. The maximum atomic E-state index is 12.8. The van der Waals surface area contributed by atoms with Gasteiger partial charge < -0.3 is 10.6 Å². The standard InChI is InChI=1S/C15H30N2O/c1-11(2)9-10-17(12-7-8-12)13(18)14(3,4)15(5,6)16/h11-12H,7-10,16H2,1-6H3. The Bertz CT molecular complexity index is 298. The maximum Gasteiger partial charge on any atom is 0.230 e. The number of nitrogens with two attached hydrogens (primary N) is 1. The number of hydrogen-bond donors (Lipinski definition) is 1. The lowest BCUT2D eigenvalue weighted by Gasteiger charge is -2.41. The van der Waals surface area contributed by atoms with Gasteiger partial charge in [0, 0.05) is 18.1 Å². The van der Waals surface area contributed by atoms with Crippen molar-refractivity contribution in [3.8, 4) is 0 Å². The quantitative estimate of drug-likeness (QED) is 0.792. The van der Waals surface area contributed by atoms with Gasteiger partial charge in [-0.3, -0.25) is 4.79 Å². The van der Waals surface area contributed by atoms with Crippen LogP contribution < -0.4 is 5.73 Å². The van der Waals surface area contributed by atoms with Crippen LogP contribution in [-0.2, 0) is 4.79 Å². The largest absolute Gasteiger partial charge is 0.339 e. The summed E-state index contributed by atoms with van der Waals surface area (Å²) in [6.07, 6.45) is 3.39. The molecule has 0 heterocycles. The molecule has 0 aliphatic heterocycles. The van der Waals surface area contributed by atoms with Gasteiger partial charge in [0.25, 0.3) is 0 Å². The fraction of sp³-hybridized carbons (Fsp3) is 0.933. The molecule has 18 heavy (non-hydrogen) atoms. The van der Waals surface area contributed by atoms with E-state index >= 15 is 0 Å². The Morgan fingerprint density at radius 2 is 1.78 bits per heavy atom. The Morgan fingerprint density at radius 3 is 2.11 bits per heavy atom. The molecule has 0 atom stereocenters. The smallest absolute Gasteiger partial charge is 0.230 e. The van der Waals surface area contributed by atoms with Crippen LogP contribution in [0.15, 0.2) is 0 Å². The topological polar surface area (TPSA) is 46.3 Å². The van der Waals surface area contributed by atoms with E-state index in [1.54, 1.807) is 0 Å². The summed E-state index contributed by atoms with van der Waals surface area (Å²) in [5, 5.41) is 0. The molecule has 0 radical (unpaired) electrons. The molecule has 0 spiro atoms. The molecule has 3 heteroatoms. The van der Waals surface area contributed by atoms with Crippen LogP contribution in [0.1, 0.15) is 60.8 Å². The second kappa shape index (κ2) is 5.20. The molecule has 0 aromatic heterocycles. The van der Waals surface area contributed by atoms with Crippen LogP contribution in [0.25, 0.3) is 0 Å². The molecule has 106 valence electrons. The lowest BCUT2D eigenvalue weighted by atomic mass is 9.74. The second-order valence-corrected chi connectivity index (χ2v) is 7.26. The van der Waals surface area contributed by atoms with Gasteiger partial charge in [-0.05, 0) is 52.9 Å². The number of nitrogens with zero attached hydrogens (tertiary/aromatic N) is 1. The van der Waals surface area contributed by atoms with Gasteiger partial charge in [-0.1, -0.05) is 13.8 Å². The second-order valence-electron chi connectivity index (χ2n) is 7.26. The van der Waals surface area contributed by atoms with Crippen LogP contribution in [0.3, 0.4) is 0 Å². The van der Waals surface area contributed by atoms with Gasteiger partial charge in [-0.15, -0.1) is 0 Å². The van der Waals surface area contributed by atoms with E-state index in [-0.39, 0.29) is 5.91 Å². The van der Waals surface area contributed by atoms with E-state index in [0.29, 0.717) is 12.0 Å². The van der Waals surface area contributed by atoms with Crippen LogP contribution in [0.5, 0.6) is 0 Å². The van der Waals surface area contributed by atoms with Gasteiger partial charge >= 0.3 is 0 Å². The first-order valence-corrected chi connectivity index (χ1v) is 7.17. The van der Waals surface area contributed by atoms with E-state index in [9.17, 15) is 4.79 Å². The number of amides is 1. The van der Waals surface area contributed by atoms with Gasteiger partial charge in [0.15, 0.2) is 0 Å². The normalized spacial score (nSPS) is 17.1. The monoisotopic (exact) mass is 254 g/mol. The van der Waals surface area contributed by atoms with Crippen molar-refractivity contribution in [2.24, 2.45) is 17.1 Å². The van der Waals surface area contributed by atoms with Crippen molar-refractivity contribution in [2.75, 3.05) is 6.54 Å². The van der Waals surface area contributed by atoms with Crippen LogP contribution in [-0.4, -0.2) is 28.9 Å². The van der Waals surface area contributed by atoms with Crippen molar-refractivity contribution in [2.45, 2.75) is 72.4 Å². The predicted octanol–water partition coefficient (Wildman–Crippen LogP) is 2.79. The summed E-state index contributed by atoms with van der Waals surface area (Å²) in [5.74, 6) is 0.853. The zero-order valence-corrected chi connectivity index (χ0v) is 12.9. The molecule has 3 nitrogen and oxygen atoms in total. The highest BCUT2D eigenvalue weighted by atomic mass is 16.2. The third-order valence-corrected chi connectivity index (χ3v) is 4.34. The molecule has 0 unspecified atom stereocenters. The fourth-order valence-corrected chi connectivity index (χ4v) is 1.87. The van der Waals surface area contributed by atoms with Crippen LogP contribution in [0.2, 0.25) is 0 Å². The fourth-order valence-electron chi connectivity index (χ4n) is 1.87. The molecule has 0 aromatic carbocycles. The SMILES string of the molecule is CC(C)CCN(C(=O)C(C)(C)C(C)(C)N)C1CC1. The predicted molar refractivity (Wildman–Crippen MR) is 76.2 cm³/mol. The van der Waals surface area contributed by atoms with E-state index in [2.05, 4.69) is 18.7 Å². The zero-order valence-electron chi connectivity index (χ0n) is 12.9. The minimum Gasteiger partial charge on any atom is -0.339 e. The van der Waals surface area contributed by atoms with Gasteiger partial charge in [0.05, 0.1) is 5.41 Å². The Balaban J connectivity index is 2.76. The summed E-state index contributed by atoms with van der Waals surface area (Å²) in [5.41, 5.74) is 5.18. The molecule has 1 aliphatic carbocycles. The van der Waals surface area contributed by atoms with E-state index < -0.39 is 11.0 Å². The van der Waals surface area contributed by atoms with E-state index in [0.717, 1.165) is 25.8 Å². The third-order valence-electron chi connectivity index (χ3n) is 4.34. The summed E-state index contributed by atoms with van der Waals surface area (Å²) in [6.45, 7) is 13.1. The van der Waals surface area contributed by atoms with E-state index in [4.69, 9.17) is 5.73 Å². The summed E-state index contributed by atoms with van der Waals surface area (Å²) in [7, 11) is 0. The highest BCUT2D eigenvalue weighted by molar-refractivity contribution is 5.84. The molecule has 0 bridgehead atoms. The molecule has 1 rings (SSSR count). The highest BCUT2D eigenvalue weighted by Gasteiger charge is 2.45. The van der Waals surface area contributed by atoms with Crippen molar-refractivity contribution < 1.29 is 4.79 Å². The first kappa shape index (κ1) is 15.5. The zero-order chi connectivity index (χ0) is 14.1. The van der Waals surface area contributed by atoms with Crippen molar-refractivity contribution in [1.29, 1.82) is 0 Å². The van der Waals surface area contributed by atoms with E-state index in [1.807, 2.05) is 27.7 Å². The molecular formula is C15H30N2O. The van der Waals surface area contributed by atoms with Crippen molar-refractivity contribution in [3.05, 3.63) is 0 Å². The first-order chi connectivity index (χ1) is 8.07. The molecule has 0 aromatic rings. The molecular weight excluding hydrogens is 224 g/mol. The van der Waals surface area contributed by atoms with Gasteiger partial charge in [0.1, 0.15) is 0 Å². The molecule has 1 fully saturated rings. The molecule has 0 saturated heterocycles. The van der Waals surface area contributed by atoms with Crippen molar-refractivity contribution in [3.63, 3.8) is 0 Å². The number of carbonyl (C=O) groups excluding carboxylic acids is 1. The Labute approximate surface area is 112 Å². The van der Waals surface area contributed by atoms with Crippen LogP contribution >= 0.6 is 0 Å². The summed E-state index contributed by atoms with van der Waals surface area (Å²) >= 11 is 0. The van der Waals surface area contributed by atoms with Gasteiger partial charge in [-0.25, -0.2) is 0 Å². The summed E-state index contributed by atoms with van der Waals surface area (Å²) in [6, 6.07) is 0.470. The Morgan fingerprint density at radius 1 is 1.28 bits per heavy atom.